The van der Waals surface area contributed by atoms with Crippen LogP contribution in [0.2, 0.25) is 0 Å². The molecule has 0 bridgehead atoms. The van der Waals surface area contributed by atoms with Gasteiger partial charge in [0.25, 0.3) is 5.91 Å². The first-order chi connectivity index (χ1) is 11.2. The van der Waals surface area contributed by atoms with Crippen molar-refractivity contribution in [2.24, 2.45) is 0 Å². The van der Waals surface area contributed by atoms with Gasteiger partial charge in [-0.05, 0) is 43.3 Å². The number of ether oxygens (including phenoxy) is 2. The lowest BCUT2D eigenvalue weighted by atomic mass is 10.1. The number of carbonyl (C=O) groups is 1. The van der Waals surface area contributed by atoms with Crippen molar-refractivity contribution in [3.8, 4) is 11.5 Å². The standard InChI is InChI=1S/C17H17N3O3/c1-3-23-16-9-11(4-7-15(16)22-2)17(21)19-13-5-6-14-12(8-13)10-18-20-14/h4-10H,3H2,1-2H3,(H,18,20)(H,19,21). The Bertz CT molecular complexity index is 842. The predicted octanol–water partition coefficient (Wildman–Crippen LogP) is 3.22. The first-order valence-electron chi connectivity index (χ1n) is 7.26. The molecule has 0 unspecified atom stereocenters. The van der Waals surface area contributed by atoms with Crippen molar-refractivity contribution in [3.63, 3.8) is 0 Å². The number of aromatic nitrogens is 2. The fraction of sp³-hybridized carbons (Fsp3) is 0.176. The van der Waals surface area contributed by atoms with Gasteiger partial charge in [0, 0.05) is 16.6 Å². The number of amides is 1. The van der Waals surface area contributed by atoms with E-state index in [1.54, 1.807) is 31.5 Å². The number of anilines is 1. The SMILES string of the molecule is CCOc1cc(C(=O)Nc2ccc3[nH]ncc3c2)ccc1OC. The van der Waals surface area contributed by atoms with Gasteiger partial charge in [0.15, 0.2) is 11.5 Å². The van der Waals surface area contributed by atoms with Gasteiger partial charge in [0.05, 0.1) is 25.4 Å². The van der Waals surface area contributed by atoms with Crippen LogP contribution >= 0.6 is 0 Å². The molecule has 0 aliphatic heterocycles. The molecule has 2 aromatic carbocycles. The molecule has 1 amide bonds. The van der Waals surface area contributed by atoms with Crippen molar-refractivity contribution in [1.29, 1.82) is 0 Å². The van der Waals surface area contributed by atoms with Crippen LogP contribution in [0.15, 0.2) is 42.6 Å². The summed E-state index contributed by atoms with van der Waals surface area (Å²) in [5.41, 5.74) is 2.13. The Balaban J connectivity index is 1.83. The molecule has 0 aliphatic rings. The number of benzene rings is 2. The summed E-state index contributed by atoms with van der Waals surface area (Å²) in [6.07, 6.45) is 1.71. The van der Waals surface area contributed by atoms with Gasteiger partial charge in [-0.1, -0.05) is 0 Å². The Kier molecular flexibility index (Phi) is 4.14. The molecule has 0 saturated heterocycles. The Labute approximate surface area is 133 Å². The Hall–Kier alpha value is -3.02. The number of nitrogens with zero attached hydrogens (tertiary/aromatic N) is 1. The average Bonchev–Trinajstić information content (AvgIpc) is 3.02. The monoisotopic (exact) mass is 311 g/mol. The van der Waals surface area contributed by atoms with E-state index < -0.39 is 0 Å². The highest BCUT2D eigenvalue weighted by Gasteiger charge is 2.11. The molecule has 118 valence electrons. The maximum atomic E-state index is 12.4. The molecular weight excluding hydrogens is 294 g/mol. The first-order valence-corrected chi connectivity index (χ1v) is 7.26. The second kappa shape index (κ2) is 6.39. The minimum absolute atomic E-state index is 0.212. The third-order valence-corrected chi connectivity index (χ3v) is 3.42. The Morgan fingerprint density at radius 2 is 2.09 bits per heavy atom. The van der Waals surface area contributed by atoms with E-state index in [1.165, 1.54) is 0 Å². The van der Waals surface area contributed by atoms with E-state index in [2.05, 4.69) is 15.5 Å². The lowest BCUT2D eigenvalue weighted by Gasteiger charge is -2.11. The zero-order valence-corrected chi connectivity index (χ0v) is 12.9. The summed E-state index contributed by atoms with van der Waals surface area (Å²) in [5, 5.41) is 10.6. The van der Waals surface area contributed by atoms with E-state index in [1.807, 2.05) is 25.1 Å². The van der Waals surface area contributed by atoms with Crippen molar-refractivity contribution in [2.75, 3.05) is 19.0 Å². The fourth-order valence-corrected chi connectivity index (χ4v) is 2.31. The Morgan fingerprint density at radius 3 is 2.87 bits per heavy atom. The van der Waals surface area contributed by atoms with E-state index in [0.717, 1.165) is 10.9 Å². The summed E-state index contributed by atoms with van der Waals surface area (Å²) in [6, 6.07) is 10.7. The number of aromatic amines is 1. The lowest BCUT2D eigenvalue weighted by molar-refractivity contribution is 0.102. The predicted molar refractivity (Wildman–Crippen MR) is 88.2 cm³/mol. The van der Waals surface area contributed by atoms with Gasteiger partial charge in [0.2, 0.25) is 0 Å². The van der Waals surface area contributed by atoms with Crippen LogP contribution in [-0.4, -0.2) is 29.8 Å². The second-order valence-corrected chi connectivity index (χ2v) is 4.92. The van der Waals surface area contributed by atoms with E-state index in [9.17, 15) is 4.79 Å². The molecule has 0 saturated carbocycles. The largest absolute Gasteiger partial charge is 0.493 e. The maximum Gasteiger partial charge on any atom is 0.255 e. The van der Waals surface area contributed by atoms with Crippen molar-refractivity contribution in [2.45, 2.75) is 6.92 Å². The summed E-state index contributed by atoms with van der Waals surface area (Å²) >= 11 is 0. The van der Waals surface area contributed by atoms with Crippen LogP contribution in [0.3, 0.4) is 0 Å². The molecule has 2 N–H and O–H groups in total. The van der Waals surface area contributed by atoms with Crippen LogP contribution in [0.4, 0.5) is 5.69 Å². The van der Waals surface area contributed by atoms with Gasteiger partial charge in [-0.15, -0.1) is 0 Å². The van der Waals surface area contributed by atoms with Crippen molar-refractivity contribution in [1.82, 2.24) is 10.2 Å². The number of H-pyrrole nitrogens is 1. The molecule has 0 radical (unpaired) electrons. The molecule has 3 aromatic rings. The lowest BCUT2D eigenvalue weighted by Crippen LogP contribution is -2.12. The molecule has 6 heteroatoms. The zero-order chi connectivity index (χ0) is 16.2. The van der Waals surface area contributed by atoms with Gasteiger partial charge < -0.3 is 14.8 Å². The van der Waals surface area contributed by atoms with Crippen LogP contribution in [0, 0.1) is 0 Å². The quantitative estimate of drug-likeness (QED) is 0.758. The summed E-state index contributed by atoms with van der Waals surface area (Å²) in [6.45, 7) is 2.38. The van der Waals surface area contributed by atoms with Crippen LogP contribution < -0.4 is 14.8 Å². The summed E-state index contributed by atoms with van der Waals surface area (Å²) in [4.78, 5) is 12.4. The third-order valence-electron chi connectivity index (χ3n) is 3.42. The normalized spacial score (nSPS) is 10.5. The zero-order valence-electron chi connectivity index (χ0n) is 12.9. The highest BCUT2D eigenvalue weighted by molar-refractivity contribution is 6.05. The number of rotatable bonds is 5. The average molecular weight is 311 g/mol. The molecule has 1 heterocycles. The highest BCUT2D eigenvalue weighted by atomic mass is 16.5. The number of hydrogen-bond acceptors (Lipinski definition) is 4. The minimum atomic E-state index is -0.212. The molecule has 23 heavy (non-hydrogen) atoms. The number of fused-ring (bicyclic) bond motifs is 1. The van der Waals surface area contributed by atoms with E-state index >= 15 is 0 Å². The first kappa shape index (κ1) is 14.9. The Morgan fingerprint density at radius 1 is 1.22 bits per heavy atom. The van der Waals surface area contributed by atoms with Crippen molar-refractivity contribution >= 4 is 22.5 Å². The summed E-state index contributed by atoms with van der Waals surface area (Å²) in [5.74, 6) is 0.938. The van der Waals surface area contributed by atoms with Crippen molar-refractivity contribution in [3.05, 3.63) is 48.2 Å². The van der Waals surface area contributed by atoms with Gasteiger partial charge in [-0.2, -0.15) is 5.10 Å². The van der Waals surface area contributed by atoms with Gasteiger partial charge in [-0.25, -0.2) is 0 Å². The fourth-order valence-electron chi connectivity index (χ4n) is 2.31. The van der Waals surface area contributed by atoms with E-state index in [0.29, 0.717) is 29.4 Å². The van der Waals surface area contributed by atoms with Gasteiger partial charge in [0.1, 0.15) is 0 Å². The topological polar surface area (TPSA) is 76.2 Å². The minimum Gasteiger partial charge on any atom is -0.493 e. The summed E-state index contributed by atoms with van der Waals surface area (Å²) < 4.78 is 10.7. The number of methoxy groups -OCH3 is 1. The van der Waals surface area contributed by atoms with Gasteiger partial charge in [-0.3, -0.25) is 9.89 Å². The molecule has 0 fully saturated rings. The third kappa shape index (κ3) is 3.11. The summed E-state index contributed by atoms with van der Waals surface area (Å²) in [7, 11) is 1.57. The van der Waals surface area contributed by atoms with Crippen LogP contribution in [0.1, 0.15) is 17.3 Å². The van der Waals surface area contributed by atoms with E-state index in [-0.39, 0.29) is 5.91 Å². The molecule has 0 atom stereocenters. The molecule has 0 spiro atoms. The molecule has 1 aromatic heterocycles. The van der Waals surface area contributed by atoms with Crippen molar-refractivity contribution < 1.29 is 14.3 Å². The van der Waals surface area contributed by atoms with E-state index in [4.69, 9.17) is 9.47 Å². The number of nitrogens with one attached hydrogen (secondary N) is 2. The molecule has 6 nitrogen and oxygen atoms in total. The molecule has 3 rings (SSSR count). The smallest absolute Gasteiger partial charge is 0.255 e. The van der Waals surface area contributed by atoms with Gasteiger partial charge >= 0.3 is 0 Å². The molecule has 0 aliphatic carbocycles. The number of hydrogen-bond donors (Lipinski definition) is 2. The number of carbonyl (C=O) groups excluding carboxylic acids is 1. The van der Waals surface area contributed by atoms with Crippen LogP contribution in [0.25, 0.3) is 10.9 Å². The molecular formula is C17H17N3O3. The highest BCUT2D eigenvalue weighted by Crippen LogP contribution is 2.28. The maximum absolute atomic E-state index is 12.4. The van der Waals surface area contributed by atoms with Crippen LogP contribution in [0.5, 0.6) is 11.5 Å². The van der Waals surface area contributed by atoms with Crippen LogP contribution in [-0.2, 0) is 0 Å². The second-order valence-electron chi connectivity index (χ2n) is 4.92.